The molecule has 8 heteroatoms. The monoisotopic (exact) mass is 416 g/mol. The molecule has 3 heterocycles. The van der Waals surface area contributed by atoms with Gasteiger partial charge in [-0.1, -0.05) is 24.3 Å². The third-order valence-corrected chi connectivity index (χ3v) is 6.22. The van der Waals surface area contributed by atoms with E-state index in [-0.39, 0.29) is 18.4 Å². The van der Waals surface area contributed by atoms with Gasteiger partial charge >= 0.3 is 0 Å². The first kappa shape index (κ1) is 18.4. The number of carbonyl (C=O) groups excluding carboxylic acids is 1. The average Bonchev–Trinajstić information content (AvgIpc) is 3.20. The molecule has 0 radical (unpaired) electrons. The van der Waals surface area contributed by atoms with E-state index in [1.54, 1.807) is 16.8 Å². The van der Waals surface area contributed by atoms with Crippen LogP contribution in [0.5, 0.6) is 0 Å². The van der Waals surface area contributed by atoms with Gasteiger partial charge < -0.3 is 21.1 Å². The molecule has 6 rings (SSSR count). The van der Waals surface area contributed by atoms with Crippen molar-refractivity contribution in [2.75, 3.05) is 10.6 Å². The third kappa shape index (κ3) is 3.42. The number of benzene rings is 1. The minimum Gasteiger partial charge on any atom is -0.373 e. The Hall–Kier alpha value is -3.39. The molecule has 2 atom stereocenters. The van der Waals surface area contributed by atoms with Gasteiger partial charge in [0.25, 0.3) is 0 Å². The molecule has 8 nitrogen and oxygen atoms in total. The van der Waals surface area contributed by atoms with Gasteiger partial charge in [0.1, 0.15) is 17.9 Å². The number of aromatic nitrogens is 3. The summed E-state index contributed by atoms with van der Waals surface area (Å²) in [5, 5.41) is 23.9. The van der Waals surface area contributed by atoms with Gasteiger partial charge in [0, 0.05) is 29.7 Å². The first-order chi connectivity index (χ1) is 15.1. The molecule has 3 aromatic rings. The van der Waals surface area contributed by atoms with E-state index in [4.69, 9.17) is 4.98 Å². The van der Waals surface area contributed by atoms with E-state index in [0.717, 1.165) is 42.9 Å². The van der Waals surface area contributed by atoms with Crippen LogP contribution in [0.2, 0.25) is 0 Å². The van der Waals surface area contributed by atoms with E-state index in [1.807, 2.05) is 6.07 Å². The lowest BCUT2D eigenvalue weighted by atomic mass is 10.1. The van der Waals surface area contributed by atoms with Crippen molar-refractivity contribution in [2.45, 2.75) is 50.4 Å². The fraction of sp³-hybridized carbons (Fsp3) is 0.348. The van der Waals surface area contributed by atoms with Gasteiger partial charge in [-0.25, -0.2) is 4.98 Å². The second-order valence-electron chi connectivity index (χ2n) is 8.58. The number of aryl methyl sites for hydroxylation is 1. The Morgan fingerprint density at radius 1 is 1.19 bits per heavy atom. The molecule has 4 N–H and O–H groups in total. The third-order valence-electron chi connectivity index (χ3n) is 6.22. The molecular weight excluding hydrogens is 392 g/mol. The normalized spacial score (nSPS) is 23.9. The van der Waals surface area contributed by atoms with Gasteiger partial charge in [-0.05, 0) is 42.9 Å². The first-order valence-electron chi connectivity index (χ1n) is 10.8. The Kier molecular flexibility index (Phi) is 4.21. The topological polar surface area (TPSA) is 104 Å². The maximum absolute atomic E-state index is 12.1. The number of amides is 1. The van der Waals surface area contributed by atoms with Crippen molar-refractivity contribution >= 4 is 29.3 Å². The minimum atomic E-state index is -0.833. The lowest BCUT2D eigenvalue weighted by Crippen LogP contribution is -2.24. The molecule has 158 valence electrons. The highest BCUT2D eigenvalue weighted by atomic mass is 16.3. The Balaban J connectivity index is 1.39. The molecule has 1 aromatic carbocycles. The fourth-order valence-corrected chi connectivity index (χ4v) is 4.49. The van der Waals surface area contributed by atoms with Crippen LogP contribution in [0.15, 0.2) is 42.1 Å². The van der Waals surface area contributed by atoms with E-state index >= 15 is 0 Å². The van der Waals surface area contributed by atoms with Gasteiger partial charge in [0.2, 0.25) is 5.91 Å². The molecule has 1 saturated carbocycles. The maximum atomic E-state index is 12.1. The maximum Gasteiger partial charge on any atom is 0.249 e. The Bertz CT molecular complexity index is 1210. The largest absolute Gasteiger partial charge is 0.373 e. The summed E-state index contributed by atoms with van der Waals surface area (Å²) in [4.78, 5) is 16.9. The Labute approximate surface area is 179 Å². The van der Waals surface area contributed by atoms with Crippen LogP contribution in [0.1, 0.15) is 48.4 Å². The van der Waals surface area contributed by atoms with Crippen LogP contribution in [0.3, 0.4) is 0 Å². The van der Waals surface area contributed by atoms with Gasteiger partial charge in [0.15, 0.2) is 5.65 Å². The molecule has 2 aliphatic carbocycles. The van der Waals surface area contributed by atoms with Crippen LogP contribution < -0.4 is 16.0 Å². The number of aliphatic hydroxyl groups is 1. The van der Waals surface area contributed by atoms with Crippen LogP contribution in [0.25, 0.3) is 11.7 Å². The summed E-state index contributed by atoms with van der Waals surface area (Å²) in [5.74, 6) is 1.43. The molecular formula is C23H24N6O2. The highest BCUT2D eigenvalue weighted by molar-refractivity contribution is 6.00. The number of nitrogens with zero attached hydrogens (tertiary/aromatic N) is 3. The van der Waals surface area contributed by atoms with E-state index in [2.05, 4.69) is 45.3 Å². The number of hydrogen-bond acceptors (Lipinski definition) is 6. The van der Waals surface area contributed by atoms with Crippen molar-refractivity contribution in [1.82, 2.24) is 19.9 Å². The van der Waals surface area contributed by atoms with Gasteiger partial charge in [-0.2, -0.15) is 9.61 Å². The number of anilines is 2. The number of hydrogen-bond donors (Lipinski definition) is 4. The predicted octanol–water partition coefficient (Wildman–Crippen LogP) is 2.62. The second kappa shape index (κ2) is 7.09. The summed E-state index contributed by atoms with van der Waals surface area (Å²) < 4.78 is 1.79. The van der Waals surface area contributed by atoms with Crippen LogP contribution in [-0.4, -0.2) is 37.9 Å². The second-order valence-corrected chi connectivity index (χ2v) is 8.58. The SMILES string of the molecule is O=C1NC(O)C/C1=C\c1cnn2c(NC3CC3)cc(NC3CCc4ccccc43)nc12. The molecule has 0 bridgehead atoms. The summed E-state index contributed by atoms with van der Waals surface area (Å²) in [5.41, 5.74) is 4.69. The molecule has 2 unspecified atom stereocenters. The molecule has 1 aliphatic heterocycles. The molecule has 31 heavy (non-hydrogen) atoms. The van der Waals surface area contributed by atoms with Gasteiger partial charge in [0.05, 0.1) is 12.2 Å². The quantitative estimate of drug-likeness (QED) is 0.477. The lowest BCUT2D eigenvalue weighted by Gasteiger charge is -2.17. The molecule has 3 aliphatic rings. The van der Waals surface area contributed by atoms with Crippen LogP contribution in [-0.2, 0) is 11.2 Å². The summed E-state index contributed by atoms with van der Waals surface area (Å²) in [6, 6.07) is 11.2. The Morgan fingerprint density at radius 2 is 2.06 bits per heavy atom. The summed E-state index contributed by atoms with van der Waals surface area (Å²) in [6.45, 7) is 0. The summed E-state index contributed by atoms with van der Waals surface area (Å²) in [7, 11) is 0. The van der Waals surface area contributed by atoms with Crippen molar-refractivity contribution in [3.8, 4) is 0 Å². The number of fused-ring (bicyclic) bond motifs is 2. The van der Waals surface area contributed by atoms with Crippen molar-refractivity contribution in [3.63, 3.8) is 0 Å². The smallest absolute Gasteiger partial charge is 0.249 e. The standard InChI is InChI=1S/C23H24N6O2/c30-21-10-14(23(31)28-21)9-15-12-24-29-20(25-16-6-7-16)11-19(27-22(15)29)26-18-8-5-13-3-1-2-4-17(13)18/h1-4,9,11-12,16,18,21,25,30H,5-8,10H2,(H,26,27)(H,28,31)/b14-9+. The molecule has 1 amide bonds. The average molecular weight is 416 g/mol. The highest BCUT2D eigenvalue weighted by Gasteiger charge is 2.27. The van der Waals surface area contributed by atoms with Crippen LogP contribution >= 0.6 is 0 Å². The Morgan fingerprint density at radius 3 is 2.87 bits per heavy atom. The highest BCUT2D eigenvalue weighted by Crippen LogP contribution is 2.35. The molecule has 0 spiro atoms. The zero-order valence-corrected chi connectivity index (χ0v) is 17.0. The molecule has 2 fully saturated rings. The van der Waals surface area contributed by atoms with E-state index in [9.17, 15) is 9.90 Å². The van der Waals surface area contributed by atoms with Gasteiger partial charge in [-0.3, -0.25) is 4.79 Å². The summed E-state index contributed by atoms with van der Waals surface area (Å²) in [6.07, 6.45) is 7.34. The van der Waals surface area contributed by atoms with E-state index < -0.39 is 6.23 Å². The van der Waals surface area contributed by atoms with Crippen molar-refractivity contribution < 1.29 is 9.90 Å². The number of nitrogens with one attached hydrogen (secondary N) is 3. The molecule has 1 saturated heterocycles. The zero-order chi connectivity index (χ0) is 20.9. The van der Waals surface area contributed by atoms with E-state index in [1.165, 1.54) is 11.1 Å². The van der Waals surface area contributed by atoms with E-state index in [0.29, 0.717) is 17.3 Å². The molecule has 2 aromatic heterocycles. The fourth-order valence-electron chi connectivity index (χ4n) is 4.49. The zero-order valence-electron chi connectivity index (χ0n) is 17.0. The number of rotatable bonds is 5. The van der Waals surface area contributed by atoms with Crippen molar-refractivity contribution in [3.05, 3.63) is 58.8 Å². The van der Waals surface area contributed by atoms with Crippen LogP contribution in [0, 0.1) is 0 Å². The first-order valence-corrected chi connectivity index (χ1v) is 10.8. The lowest BCUT2D eigenvalue weighted by molar-refractivity contribution is -0.117. The number of aliphatic hydroxyl groups excluding tert-OH is 1. The van der Waals surface area contributed by atoms with Crippen molar-refractivity contribution in [1.29, 1.82) is 0 Å². The predicted molar refractivity (Wildman–Crippen MR) is 118 cm³/mol. The van der Waals surface area contributed by atoms with Gasteiger partial charge in [-0.15, -0.1) is 0 Å². The minimum absolute atomic E-state index is 0.223. The van der Waals surface area contributed by atoms with Crippen molar-refractivity contribution in [2.24, 2.45) is 0 Å². The summed E-state index contributed by atoms with van der Waals surface area (Å²) >= 11 is 0. The van der Waals surface area contributed by atoms with Crippen LogP contribution in [0.4, 0.5) is 11.6 Å². The number of carbonyl (C=O) groups is 1.